The molecule has 3 amide bonds. The molecule has 2 aliphatic heterocycles. The molecule has 2 fully saturated rings. The van der Waals surface area contributed by atoms with Crippen LogP contribution >= 0.6 is 0 Å². The van der Waals surface area contributed by atoms with Crippen molar-refractivity contribution in [3.05, 3.63) is 149 Å². The van der Waals surface area contributed by atoms with E-state index < -0.39 is 53.8 Å². The largest absolute Gasteiger partial charge is 0.447 e. The summed E-state index contributed by atoms with van der Waals surface area (Å²) in [5.41, 5.74) is 2.02. The van der Waals surface area contributed by atoms with Crippen LogP contribution in [-0.4, -0.2) is 59.0 Å². The third-order valence-corrected chi connectivity index (χ3v) is 8.84. The van der Waals surface area contributed by atoms with Crippen molar-refractivity contribution in [2.75, 3.05) is 13.2 Å². The highest BCUT2D eigenvalue weighted by molar-refractivity contribution is 5.98. The van der Waals surface area contributed by atoms with Crippen molar-refractivity contribution in [1.29, 1.82) is 0 Å². The second kappa shape index (κ2) is 15.4. The molecular formula is C39H36F3N3O5. The van der Waals surface area contributed by atoms with E-state index in [4.69, 9.17) is 9.47 Å². The van der Waals surface area contributed by atoms with Gasteiger partial charge in [0.1, 0.15) is 18.7 Å². The van der Waals surface area contributed by atoms with Gasteiger partial charge in [-0.25, -0.2) is 4.79 Å². The Morgan fingerprint density at radius 3 is 2.26 bits per heavy atom. The maximum absolute atomic E-state index is 14.2. The molecule has 0 aliphatic carbocycles. The van der Waals surface area contributed by atoms with E-state index in [-0.39, 0.29) is 38.3 Å². The Hall–Kier alpha value is -5.42. The maximum Gasteiger partial charge on any atom is 0.416 e. The second-order valence-electron chi connectivity index (χ2n) is 12.1. The molecule has 11 heteroatoms. The number of carbonyl (C=O) groups excluding carboxylic acids is 3. The standard InChI is InChI=1S/C39H36F3N3O5/c40-39(41,42)31-18-10-15-29(23-31)24-43-36(46)33(21-22-49-25-28-13-6-2-7-14-28)44-32(20-19-27-11-4-1-5-12-27)35(37(44)47)45-34(26-50-38(45)48)30-16-8-3-9-17-30/h1-20,23,32-35H,21-22,24-26H2,(H,43,46)/b20-19+/t32-,33+,34-,35+/m1/s1. The molecular weight excluding hydrogens is 647 g/mol. The number of benzene rings is 4. The molecule has 0 aromatic heterocycles. The van der Waals surface area contributed by atoms with E-state index in [0.29, 0.717) is 0 Å². The Bertz CT molecular complexity index is 1800. The predicted octanol–water partition coefficient (Wildman–Crippen LogP) is 6.78. The van der Waals surface area contributed by atoms with Crippen molar-refractivity contribution in [3.63, 3.8) is 0 Å². The zero-order valence-corrected chi connectivity index (χ0v) is 27.0. The van der Waals surface area contributed by atoms with Gasteiger partial charge >= 0.3 is 12.3 Å². The summed E-state index contributed by atoms with van der Waals surface area (Å²) in [5, 5.41) is 2.74. The monoisotopic (exact) mass is 683 g/mol. The molecule has 6 rings (SSSR count). The van der Waals surface area contributed by atoms with Gasteiger partial charge in [0.25, 0.3) is 0 Å². The summed E-state index contributed by atoms with van der Waals surface area (Å²) < 4.78 is 51.5. The number of hydrogen-bond donors (Lipinski definition) is 1. The number of carbonyl (C=O) groups is 3. The summed E-state index contributed by atoms with van der Waals surface area (Å²) in [6.45, 7) is 0.273. The molecule has 4 aromatic carbocycles. The molecule has 4 aromatic rings. The molecule has 0 saturated carbocycles. The molecule has 2 heterocycles. The smallest absolute Gasteiger partial charge is 0.416 e. The molecule has 0 spiro atoms. The van der Waals surface area contributed by atoms with Crippen LogP contribution in [0.15, 0.2) is 121 Å². The van der Waals surface area contributed by atoms with E-state index in [1.165, 1.54) is 21.9 Å². The van der Waals surface area contributed by atoms with Gasteiger partial charge < -0.3 is 19.7 Å². The average Bonchev–Trinajstić information content (AvgIpc) is 3.51. The lowest BCUT2D eigenvalue weighted by molar-refractivity contribution is -0.163. The van der Waals surface area contributed by atoms with Crippen LogP contribution in [-0.2, 0) is 38.4 Å². The third kappa shape index (κ3) is 7.89. The number of amides is 3. The molecule has 4 atom stereocenters. The van der Waals surface area contributed by atoms with Crippen LogP contribution < -0.4 is 5.32 Å². The normalized spacial score (nSPS) is 19.7. The van der Waals surface area contributed by atoms with E-state index in [1.54, 1.807) is 6.08 Å². The van der Waals surface area contributed by atoms with Gasteiger partial charge in [0.05, 0.1) is 24.3 Å². The first-order valence-corrected chi connectivity index (χ1v) is 16.3. The second-order valence-corrected chi connectivity index (χ2v) is 12.1. The highest BCUT2D eigenvalue weighted by Gasteiger charge is 2.57. The maximum atomic E-state index is 14.2. The summed E-state index contributed by atoms with van der Waals surface area (Å²) in [7, 11) is 0. The molecule has 258 valence electrons. The zero-order valence-electron chi connectivity index (χ0n) is 27.0. The first-order valence-electron chi connectivity index (χ1n) is 16.3. The Morgan fingerprint density at radius 2 is 1.56 bits per heavy atom. The molecule has 8 nitrogen and oxygen atoms in total. The molecule has 50 heavy (non-hydrogen) atoms. The van der Waals surface area contributed by atoms with Crippen molar-refractivity contribution in [2.45, 2.75) is 49.9 Å². The number of β-lactam (4-membered cyclic amide) rings is 1. The minimum absolute atomic E-state index is 0.0655. The van der Waals surface area contributed by atoms with E-state index in [1.807, 2.05) is 97.1 Å². The molecule has 2 aliphatic rings. The number of halogens is 3. The van der Waals surface area contributed by atoms with Crippen molar-refractivity contribution in [2.24, 2.45) is 0 Å². The number of rotatable bonds is 13. The lowest BCUT2D eigenvalue weighted by Crippen LogP contribution is -2.74. The van der Waals surface area contributed by atoms with Gasteiger partial charge in [-0.3, -0.25) is 14.5 Å². The summed E-state index contributed by atoms with van der Waals surface area (Å²) in [5.74, 6) is -1.01. The van der Waals surface area contributed by atoms with Gasteiger partial charge in [-0.1, -0.05) is 115 Å². The van der Waals surface area contributed by atoms with Gasteiger partial charge in [-0.05, 0) is 34.4 Å². The minimum atomic E-state index is -4.54. The SMILES string of the molecule is O=C(NCc1cccc(C(F)(F)F)c1)[C@H](CCOCc1ccccc1)N1C(=O)[C@@H](N2C(=O)OC[C@@H]2c2ccccc2)[C@H]1/C=C/c1ccccc1. The summed E-state index contributed by atoms with van der Waals surface area (Å²) in [4.78, 5) is 44.2. The Kier molecular flexibility index (Phi) is 10.6. The average molecular weight is 684 g/mol. The first kappa shape index (κ1) is 34.4. The van der Waals surface area contributed by atoms with Gasteiger partial charge in [0, 0.05) is 19.6 Å². The van der Waals surface area contributed by atoms with Crippen LogP contribution in [0.4, 0.5) is 18.0 Å². The third-order valence-electron chi connectivity index (χ3n) is 8.84. The molecule has 0 unspecified atom stereocenters. The van der Waals surface area contributed by atoms with Crippen LogP contribution in [0.5, 0.6) is 0 Å². The van der Waals surface area contributed by atoms with E-state index >= 15 is 0 Å². The number of alkyl halides is 3. The number of hydrogen-bond acceptors (Lipinski definition) is 5. The van der Waals surface area contributed by atoms with Gasteiger partial charge in [0.15, 0.2) is 0 Å². The topological polar surface area (TPSA) is 88.2 Å². The highest BCUT2D eigenvalue weighted by atomic mass is 19.4. The number of likely N-dealkylation sites (tertiary alicyclic amines) is 1. The first-order chi connectivity index (χ1) is 24.2. The lowest BCUT2D eigenvalue weighted by Gasteiger charge is -2.52. The van der Waals surface area contributed by atoms with Crippen molar-refractivity contribution in [3.8, 4) is 0 Å². The predicted molar refractivity (Wildman–Crippen MR) is 180 cm³/mol. The van der Waals surface area contributed by atoms with Crippen molar-refractivity contribution < 1.29 is 37.0 Å². The molecule has 2 saturated heterocycles. The fourth-order valence-electron chi connectivity index (χ4n) is 6.32. The van der Waals surface area contributed by atoms with Crippen LogP contribution in [0.2, 0.25) is 0 Å². The van der Waals surface area contributed by atoms with Crippen molar-refractivity contribution >= 4 is 24.0 Å². The van der Waals surface area contributed by atoms with Crippen LogP contribution in [0, 0.1) is 0 Å². The van der Waals surface area contributed by atoms with Crippen molar-refractivity contribution in [1.82, 2.24) is 15.1 Å². The Labute approximate surface area is 288 Å². The number of ether oxygens (including phenoxy) is 2. The quantitative estimate of drug-likeness (QED) is 0.124. The number of cyclic esters (lactones) is 1. The fraction of sp³-hybridized carbons (Fsp3) is 0.256. The molecule has 1 N–H and O–H groups in total. The summed E-state index contributed by atoms with van der Waals surface area (Å²) in [6, 6.07) is 29.6. The minimum Gasteiger partial charge on any atom is -0.447 e. The Morgan fingerprint density at radius 1 is 0.900 bits per heavy atom. The fourth-order valence-corrected chi connectivity index (χ4v) is 6.32. The Balaban J connectivity index is 1.28. The zero-order chi connectivity index (χ0) is 35.1. The van der Waals surface area contributed by atoms with Crippen LogP contribution in [0.25, 0.3) is 6.08 Å². The summed E-state index contributed by atoms with van der Waals surface area (Å²) >= 11 is 0. The number of nitrogens with one attached hydrogen (secondary N) is 1. The van der Waals surface area contributed by atoms with Gasteiger partial charge in [0.2, 0.25) is 11.8 Å². The van der Waals surface area contributed by atoms with Crippen LogP contribution in [0.1, 0.15) is 40.3 Å². The molecule has 0 bridgehead atoms. The van der Waals surface area contributed by atoms with E-state index in [9.17, 15) is 27.6 Å². The molecule has 0 radical (unpaired) electrons. The number of nitrogens with zero attached hydrogens (tertiary/aromatic N) is 2. The highest BCUT2D eigenvalue weighted by Crippen LogP contribution is 2.39. The van der Waals surface area contributed by atoms with Gasteiger partial charge in [-0.2, -0.15) is 13.2 Å². The summed E-state index contributed by atoms with van der Waals surface area (Å²) in [6.07, 6.45) is -1.44. The van der Waals surface area contributed by atoms with E-state index in [0.717, 1.165) is 28.8 Å². The van der Waals surface area contributed by atoms with Gasteiger partial charge in [-0.15, -0.1) is 0 Å². The lowest BCUT2D eigenvalue weighted by atomic mass is 9.87. The van der Waals surface area contributed by atoms with Crippen LogP contribution in [0.3, 0.4) is 0 Å². The van der Waals surface area contributed by atoms with E-state index in [2.05, 4.69) is 5.32 Å².